The van der Waals surface area contributed by atoms with Crippen LogP contribution in [0.15, 0.2) is 30.3 Å². The topological polar surface area (TPSA) is 55.4 Å². The summed E-state index contributed by atoms with van der Waals surface area (Å²) in [6.07, 6.45) is 7.77. The molecular formula is C19H24FNO3. The zero-order chi connectivity index (χ0) is 17.4. The molecule has 5 heteroatoms. The molecule has 1 aromatic rings. The summed E-state index contributed by atoms with van der Waals surface area (Å²) in [5, 5.41) is 2.89. The van der Waals surface area contributed by atoms with Crippen LogP contribution < -0.4 is 5.32 Å². The minimum absolute atomic E-state index is 0.165. The van der Waals surface area contributed by atoms with Crippen LogP contribution in [0, 0.1) is 5.82 Å². The zero-order valence-corrected chi connectivity index (χ0v) is 14.0. The molecule has 0 radical (unpaired) electrons. The van der Waals surface area contributed by atoms with Gasteiger partial charge >= 0.3 is 5.97 Å². The van der Waals surface area contributed by atoms with Gasteiger partial charge in [0.05, 0.1) is 6.61 Å². The Bertz CT molecular complexity index is 589. The SMILES string of the molecule is CCOC(=O)C1(NC(=O)CC=Cc2ccc(F)cc2)CCCCC1. The number of nitrogens with one attached hydrogen (secondary N) is 1. The maximum atomic E-state index is 12.8. The van der Waals surface area contributed by atoms with Gasteiger partial charge < -0.3 is 10.1 Å². The second-order valence-electron chi connectivity index (χ2n) is 6.07. The highest BCUT2D eigenvalue weighted by atomic mass is 19.1. The molecule has 1 fully saturated rings. The number of amides is 1. The molecule has 0 spiro atoms. The first kappa shape index (κ1) is 18.2. The Kier molecular flexibility index (Phi) is 6.53. The van der Waals surface area contributed by atoms with Crippen LogP contribution in [0.25, 0.3) is 6.08 Å². The number of rotatable bonds is 6. The van der Waals surface area contributed by atoms with E-state index in [1.165, 1.54) is 12.1 Å². The normalized spacial score (nSPS) is 16.8. The van der Waals surface area contributed by atoms with Crippen LogP contribution in [-0.4, -0.2) is 24.0 Å². The quantitative estimate of drug-likeness (QED) is 0.809. The van der Waals surface area contributed by atoms with Crippen LogP contribution in [0.1, 0.15) is 51.0 Å². The van der Waals surface area contributed by atoms with E-state index in [1.54, 1.807) is 31.2 Å². The van der Waals surface area contributed by atoms with Gasteiger partial charge in [-0.25, -0.2) is 9.18 Å². The summed E-state index contributed by atoms with van der Waals surface area (Å²) in [7, 11) is 0. The summed E-state index contributed by atoms with van der Waals surface area (Å²) < 4.78 is 18.0. The smallest absolute Gasteiger partial charge is 0.331 e. The van der Waals surface area contributed by atoms with Gasteiger partial charge in [-0.05, 0) is 37.5 Å². The van der Waals surface area contributed by atoms with E-state index in [0.717, 1.165) is 24.8 Å². The number of carbonyl (C=O) groups is 2. The Morgan fingerprint density at radius 2 is 1.88 bits per heavy atom. The molecule has 1 N–H and O–H groups in total. The second-order valence-corrected chi connectivity index (χ2v) is 6.07. The largest absolute Gasteiger partial charge is 0.464 e. The Morgan fingerprint density at radius 1 is 1.21 bits per heavy atom. The molecule has 4 nitrogen and oxygen atoms in total. The van der Waals surface area contributed by atoms with Crippen LogP contribution in [0.4, 0.5) is 4.39 Å². The third-order valence-corrected chi connectivity index (χ3v) is 4.24. The van der Waals surface area contributed by atoms with E-state index in [0.29, 0.717) is 19.4 Å². The van der Waals surface area contributed by atoms with Gasteiger partial charge in [0.2, 0.25) is 5.91 Å². The molecule has 2 rings (SSSR count). The molecule has 1 amide bonds. The van der Waals surface area contributed by atoms with Crippen molar-refractivity contribution < 1.29 is 18.7 Å². The lowest BCUT2D eigenvalue weighted by atomic mass is 9.81. The van der Waals surface area contributed by atoms with Crippen molar-refractivity contribution in [1.29, 1.82) is 0 Å². The summed E-state index contributed by atoms with van der Waals surface area (Å²) in [5.41, 5.74) is -0.0586. The lowest BCUT2D eigenvalue weighted by Gasteiger charge is -2.35. The number of carbonyl (C=O) groups excluding carboxylic acids is 2. The molecule has 0 atom stereocenters. The Balaban J connectivity index is 1.95. The molecule has 0 bridgehead atoms. The number of benzene rings is 1. The van der Waals surface area contributed by atoms with Crippen molar-refractivity contribution in [2.24, 2.45) is 0 Å². The monoisotopic (exact) mass is 333 g/mol. The van der Waals surface area contributed by atoms with E-state index >= 15 is 0 Å². The predicted octanol–water partition coefficient (Wildman–Crippen LogP) is 3.61. The molecular weight excluding hydrogens is 309 g/mol. The van der Waals surface area contributed by atoms with Crippen molar-refractivity contribution in [2.75, 3.05) is 6.61 Å². The van der Waals surface area contributed by atoms with Crippen molar-refractivity contribution in [3.05, 3.63) is 41.7 Å². The number of hydrogen-bond donors (Lipinski definition) is 1. The fourth-order valence-electron chi connectivity index (χ4n) is 3.00. The van der Waals surface area contributed by atoms with Crippen LogP contribution in [0.5, 0.6) is 0 Å². The predicted molar refractivity (Wildman–Crippen MR) is 90.6 cm³/mol. The minimum atomic E-state index is -0.880. The number of halogens is 1. The van der Waals surface area contributed by atoms with E-state index in [-0.39, 0.29) is 24.1 Å². The van der Waals surface area contributed by atoms with E-state index in [4.69, 9.17) is 4.74 Å². The molecule has 0 aliphatic heterocycles. The average molecular weight is 333 g/mol. The standard InChI is InChI=1S/C19H24FNO3/c1-2-24-18(23)19(13-4-3-5-14-19)21-17(22)8-6-7-15-9-11-16(20)12-10-15/h6-7,9-12H,2-5,8,13-14H2,1H3,(H,21,22). The van der Waals surface area contributed by atoms with Crippen LogP contribution in [-0.2, 0) is 14.3 Å². The third-order valence-electron chi connectivity index (χ3n) is 4.24. The van der Waals surface area contributed by atoms with Crippen molar-refractivity contribution in [1.82, 2.24) is 5.32 Å². The summed E-state index contributed by atoms with van der Waals surface area (Å²) in [5.74, 6) is -0.831. The van der Waals surface area contributed by atoms with Gasteiger partial charge in [-0.1, -0.05) is 43.5 Å². The molecule has 0 aromatic heterocycles. The molecule has 1 aromatic carbocycles. The highest BCUT2D eigenvalue weighted by molar-refractivity contribution is 5.89. The fraction of sp³-hybridized carbons (Fsp3) is 0.474. The van der Waals surface area contributed by atoms with Crippen molar-refractivity contribution >= 4 is 18.0 Å². The zero-order valence-electron chi connectivity index (χ0n) is 14.0. The van der Waals surface area contributed by atoms with Gasteiger partial charge in [-0.2, -0.15) is 0 Å². The molecule has 0 heterocycles. The van der Waals surface area contributed by atoms with E-state index in [2.05, 4.69) is 5.32 Å². The van der Waals surface area contributed by atoms with Crippen LogP contribution >= 0.6 is 0 Å². The van der Waals surface area contributed by atoms with Crippen molar-refractivity contribution in [2.45, 2.75) is 51.0 Å². The Labute approximate surface area is 142 Å². The van der Waals surface area contributed by atoms with E-state index in [1.807, 2.05) is 0 Å². The second kappa shape index (κ2) is 8.62. The average Bonchev–Trinajstić information content (AvgIpc) is 2.58. The van der Waals surface area contributed by atoms with Crippen LogP contribution in [0.2, 0.25) is 0 Å². The fourth-order valence-corrected chi connectivity index (χ4v) is 3.00. The number of hydrogen-bond acceptors (Lipinski definition) is 3. The molecule has 24 heavy (non-hydrogen) atoms. The summed E-state index contributed by atoms with van der Waals surface area (Å²) in [4.78, 5) is 24.5. The molecule has 1 aliphatic carbocycles. The van der Waals surface area contributed by atoms with Crippen LogP contribution in [0.3, 0.4) is 0 Å². The first-order chi connectivity index (χ1) is 11.6. The number of esters is 1. The minimum Gasteiger partial charge on any atom is -0.464 e. The molecule has 1 aliphatic rings. The van der Waals surface area contributed by atoms with E-state index < -0.39 is 5.54 Å². The van der Waals surface area contributed by atoms with Gasteiger partial charge in [0.25, 0.3) is 0 Å². The maximum absolute atomic E-state index is 12.8. The highest BCUT2D eigenvalue weighted by Crippen LogP contribution is 2.29. The summed E-state index contributed by atoms with van der Waals surface area (Å²) in [6, 6.07) is 6.03. The van der Waals surface area contributed by atoms with Crippen molar-refractivity contribution in [3.63, 3.8) is 0 Å². The molecule has 0 unspecified atom stereocenters. The number of ether oxygens (including phenoxy) is 1. The molecule has 1 saturated carbocycles. The molecule has 130 valence electrons. The van der Waals surface area contributed by atoms with Gasteiger partial charge in [-0.15, -0.1) is 0 Å². The Morgan fingerprint density at radius 3 is 2.50 bits per heavy atom. The van der Waals surface area contributed by atoms with Gasteiger partial charge in [0.1, 0.15) is 11.4 Å². The van der Waals surface area contributed by atoms with Gasteiger partial charge in [0.15, 0.2) is 0 Å². The first-order valence-electron chi connectivity index (χ1n) is 8.46. The van der Waals surface area contributed by atoms with Crippen molar-refractivity contribution in [3.8, 4) is 0 Å². The van der Waals surface area contributed by atoms with Gasteiger partial charge in [0, 0.05) is 6.42 Å². The first-order valence-corrected chi connectivity index (χ1v) is 8.46. The highest BCUT2D eigenvalue weighted by Gasteiger charge is 2.41. The molecule has 0 saturated heterocycles. The Hall–Kier alpha value is -2.17. The van der Waals surface area contributed by atoms with E-state index in [9.17, 15) is 14.0 Å². The maximum Gasteiger partial charge on any atom is 0.331 e. The summed E-state index contributed by atoms with van der Waals surface area (Å²) >= 11 is 0. The lowest BCUT2D eigenvalue weighted by Crippen LogP contribution is -2.56. The third kappa shape index (κ3) is 4.91. The summed E-state index contributed by atoms with van der Waals surface area (Å²) in [6.45, 7) is 2.07. The van der Waals surface area contributed by atoms with Gasteiger partial charge in [-0.3, -0.25) is 4.79 Å². The lowest BCUT2D eigenvalue weighted by molar-refractivity contribution is -0.155.